The standard InChI is InChI=1S/C27H29NO3/c29-26(31-21-20-28-18-8-3-9-19-28)27(30,24-12-6-2-7-13-24)25-16-14-23(15-17-25)22-10-4-1-5-11-22/h1-2,4-7,10-17,30H,3,8-9,18-21H2. The van der Waals surface area contributed by atoms with Crippen LogP contribution in [0.3, 0.4) is 0 Å². The fourth-order valence-corrected chi connectivity index (χ4v) is 4.17. The Hall–Kier alpha value is -2.95. The molecular weight excluding hydrogens is 386 g/mol. The monoisotopic (exact) mass is 415 g/mol. The highest BCUT2D eigenvalue weighted by Gasteiger charge is 2.41. The summed E-state index contributed by atoms with van der Waals surface area (Å²) >= 11 is 0. The number of aliphatic hydroxyl groups is 1. The highest BCUT2D eigenvalue weighted by molar-refractivity contribution is 5.85. The maximum absolute atomic E-state index is 13.2. The Labute approximate surface area is 184 Å². The van der Waals surface area contributed by atoms with Gasteiger partial charge in [-0.2, -0.15) is 0 Å². The molecule has 1 N–H and O–H groups in total. The molecule has 0 aromatic heterocycles. The van der Waals surface area contributed by atoms with Gasteiger partial charge in [0.2, 0.25) is 5.60 Å². The minimum Gasteiger partial charge on any atom is -0.462 e. The molecule has 0 radical (unpaired) electrons. The van der Waals surface area contributed by atoms with Crippen molar-refractivity contribution < 1.29 is 14.6 Å². The van der Waals surface area contributed by atoms with Crippen LogP contribution in [-0.2, 0) is 15.1 Å². The third-order valence-corrected chi connectivity index (χ3v) is 5.99. The number of nitrogens with zero attached hydrogens (tertiary/aromatic N) is 1. The lowest BCUT2D eigenvalue weighted by Gasteiger charge is -2.29. The first kappa shape index (κ1) is 21.3. The smallest absolute Gasteiger partial charge is 0.347 e. The first-order valence-electron chi connectivity index (χ1n) is 11.0. The fraction of sp³-hybridized carbons (Fsp3) is 0.296. The number of piperidine rings is 1. The van der Waals surface area contributed by atoms with E-state index in [0.717, 1.165) is 24.2 Å². The Morgan fingerprint density at radius 2 is 1.32 bits per heavy atom. The molecule has 1 unspecified atom stereocenters. The van der Waals surface area contributed by atoms with Crippen LogP contribution in [0, 0.1) is 0 Å². The number of esters is 1. The molecule has 3 aromatic rings. The van der Waals surface area contributed by atoms with Crippen molar-refractivity contribution in [2.24, 2.45) is 0 Å². The first-order chi connectivity index (χ1) is 15.2. The van der Waals surface area contributed by atoms with E-state index in [0.29, 0.717) is 17.7 Å². The average molecular weight is 416 g/mol. The molecule has 0 aliphatic carbocycles. The van der Waals surface area contributed by atoms with Crippen molar-refractivity contribution in [3.05, 3.63) is 96.1 Å². The number of hydrogen-bond donors (Lipinski definition) is 1. The molecule has 1 atom stereocenters. The molecule has 3 aromatic carbocycles. The van der Waals surface area contributed by atoms with E-state index >= 15 is 0 Å². The van der Waals surface area contributed by atoms with Crippen LogP contribution >= 0.6 is 0 Å². The lowest BCUT2D eigenvalue weighted by atomic mass is 9.85. The second-order valence-electron chi connectivity index (χ2n) is 8.06. The van der Waals surface area contributed by atoms with Gasteiger partial charge in [-0.05, 0) is 48.2 Å². The summed E-state index contributed by atoms with van der Waals surface area (Å²) in [5.74, 6) is -0.636. The van der Waals surface area contributed by atoms with Crippen LogP contribution in [0.4, 0.5) is 0 Å². The zero-order chi connectivity index (χ0) is 21.5. The van der Waals surface area contributed by atoms with Crippen molar-refractivity contribution in [1.29, 1.82) is 0 Å². The van der Waals surface area contributed by atoms with E-state index in [9.17, 15) is 9.90 Å². The molecule has 1 heterocycles. The largest absolute Gasteiger partial charge is 0.462 e. The Balaban J connectivity index is 1.55. The number of benzene rings is 3. The van der Waals surface area contributed by atoms with E-state index in [-0.39, 0.29) is 6.61 Å². The van der Waals surface area contributed by atoms with E-state index in [4.69, 9.17) is 4.74 Å². The van der Waals surface area contributed by atoms with Gasteiger partial charge in [-0.3, -0.25) is 4.90 Å². The molecule has 1 aliphatic rings. The number of likely N-dealkylation sites (tertiary alicyclic amines) is 1. The number of rotatable bonds is 7. The van der Waals surface area contributed by atoms with Gasteiger partial charge in [0, 0.05) is 6.54 Å². The summed E-state index contributed by atoms with van der Waals surface area (Å²) in [6, 6.07) is 26.5. The topological polar surface area (TPSA) is 49.8 Å². The van der Waals surface area contributed by atoms with Crippen molar-refractivity contribution in [1.82, 2.24) is 4.90 Å². The zero-order valence-corrected chi connectivity index (χ0v) is 17.7. The van der Waals surface area contributed by atoms with E-state index in [2.05, 4.69) is 4.90 Å². The van der Waals surface area contributed by atoms with Crippen LogP contribution in [0.2, 0.25) is 0 Å². The third kappa shape index (κ3) is 4.87. The molecule has 1 saturated heterocycles. The summed E-state index contributed by atoms with van der Waals surface area (Å²) in [4.78, 5) is 15.5. The van der Waals surface area contributed by atoms with Crippen molar-refractivity contribution in [3.63, 3.8) is 0 Å². The summed E-state index contributed by atoms with van der Waals surface area (Å²) in [6.07, 6.45) is 3.65. The quantitative estimate of drug-likeness (QED) is 0.572. The van der Waals surface area contributed by atoms with Crippen LogP contribution in [0.25, 0.3) is 11.1 Å². The highest BCUT2D eigenvalue weighted by atomic mass is 16.5. The maximum Gasteiger partial charge on any atom is 0.347 e. The summed E-state index contributed by atoms with van der Waals surface area (Å²) in [5.41, 5.74) is 1.27. The summed E-state index contributed by atoms with van der Waals surface area (Å²) in [5, 5.41) is 11.6. The first-order valence-corrected chi connectivity index (χ1v) is 11.0. The SMILES string of the molecule is O=C(OCCN1CCCCC1)C(O)(c1ccccc1)c1ccc(-c2ccccc2)cc1. The second-order valence-corrected chi connectivity index (χ2v) is 8.06. The molecule has 4 rings (SSSR count). The van der Waals surface area contributed by atoms with Gasteiger partial charge in [0.1, 0.15) is 6.61 Å². The number of carbonyl (C=O) groups excluding carboxylic acids is 1. The highest BCUT2D eigenvalue weighted by Crippen LogP contribution is 2.32. The Kier molecular flexibility index (Phi) is 6.80. The lowest BCUT2D eigenvalue weighted by Crippen LogP contribution is -2.40. The van der Waals surface area contributed by atoms with Crippen molar-refractivity contribution in [2.75, 3.05) is 26.2 Å². The normalized spacial score (nSPS) is 16.4. The van der Waals surface area contributed by atoms with Crippen molar-refractivity contribution in [3.8, 4) is 11.1 Å². The third-order valence-electron chi connectivity index (χ3n) is 5.99. The van der Waals surface area contributed by atoms with Gasteiger partial charge in [0.15, 0.2) is 0 Å². The van der Waals surface area contributed by atoms with Gasteiger partial charge in [-0.1, -0.05) is 91.3 Å². The number of hydrogen-bond acceptors (Lipinski definition) is 4. The fourth-order valence-electron chi connectivity index (χ4n) is 4.17. The van der Waals surface area contributed by atoms with E-state index in [1.54, 1.807) is 24.3 Å². The molecule has 0 amide bonds. The van der Waals surface area contributed by atoms with Gasteiger partial charge in [-0.25, -0.2) is 4.79 Å². The molecule has 4 heteroatoms. The van der Waals surface area contributed by atoms with Crippen molar-refractivity contribution in [2.45, 2.75) is 24.9 Å². The van der Waals surface area contributed by atoms with E-state index in [1.165, 1.54) is 19.3 Å². The van der Waals surface area contributed by atoms with Crippen molar-refractivity contribution >= 4 is 5.97 Å². The van der Waals surface area contributed by atoms with Crippen LogP contribution in [0.1, 0.15) is 30.4 Å². The molecule has 160 valence electrons. The molecule has 31 heavy (non-hydrogen) atoms. The van der Waals surface area contributed by atoms with Gasteiger partial charge in [-0.15, -0.1) is 0 Å². The van der Waals surface area contributed by atoms with Gasteiger partial charge < -0.3 is 9.84 Å². The second kappa shape index (κ2) is 9.90. The average Bonchev–Trinajstić information content (AvgIpc) is 2.85. The predicted molar refractivity (Wildman–Crippen MR) is 123 cm³/mol. The molecule has 0 saturated carbocycles. The molecule has 0 bridgehead atoms. The Morgan fingerprint density at radius 1 is 0.774 bits per heavy atom. The van der Waals surface area contributed by atoms with E-state index in [1.807, 2.05) is 60.7 Å². The van der Waals surface area contributed by atoms with Gasteiger partial charge >= 0.3 is 5.97 Å². The van der Waals surface area contributed by atoms with Crippen LogP contribution in [0.15, 0.2) is 84.9 Å². The molecule has 4 nitrogen and oxygen atoms in total. The predicted octanol–water partition coefficient (Wildman–Crippen LogP) is 4.62. The maximum atomic E-state index is 13.2. The molecule has 1 aliphatic heterocycles. The minimum absolute atomic E-state index is 0.274. The molecule has 0 spiro atoms. The van der Waals surface area contributed by atoms with Crippen LogP contribution in [0.5, 0.6) is 0 Å². The molecule has 1 fully saturated rings. The summed E-state index contributed by atoms with van der Waals surface area (Å²) < 4.78 is 5.60. The van der Waals surface area contributed by atoms with E-state index < -0.39 is 11.6 Å². The summed E-state index contributed by atoms with van der Waals surface area (Å²) in [7, 11) is 0. The number of ether oxygens (including phenoxy) is 1. The lowest BCUT2D eigenvalue weighted by molar-refractivity contribution is -0.162. The summed E-state index contributed by atoms with van der Waals surface area (Å²) in [6.45, 7) is 3.06. The van der Waals surface area contributed by atoms with Gasteiger partial charge in [0.05, 0.1) is 0 Å². The van der Waals surface area contributed by atoms with Crippen LogP contribution in [-0.4, -0.2) is 42.2 Å². The minimum atomic E-state index is -1.85. The Morgan fingerprint density at radius 3 is 1.97 bits per heavy atom. The molecular formula is C27H29NO3. The Bertz CT molecular complexity index is 966. The number of carbonyl (C=O) groups is 1. The zero-order valence-electron chi connectivity index (χ0n) is 17.7. The van der Waals surface area contributed by atoms with Crippen LogP contribution < -0.4 is 0 Å². The van der Waals surface area contributed by atoms with Gasteiger partial charge in [0.25, 0.3) is 0 Å².